The van der Waals surface area contributed by atoms with E-state index < -0.39 is 0 Å². The fourth-order valence-corrected chi connectivity index (χ4v) is 9.52. The van der Waals surface area contributed by atoms with E-state index in [1.54, 1.807) is 0 Å². The van der Waals surface area contributed by atoms with Crippen molar-refractivity contribution in [2.24, 2.45) is 17.8 Å². The summed E-state index contributed by atoms with van der Waals surface area (Å²) in [4.78, 5) is 23.9. The van der Waals surface area contributed by atoms with E-state index in [0.29, 0.717) is 18.4 Å². The molecule has 40 heavy (non-hydrogen) atoms. The van der Waals surface area contributed by atoms with Crippen LogP contribution in [0.25, 0.3) is 22.2 Å². The van der Waals surface area contributed by atoms with Crippen LogP contribution in [0, 0.1) is 31.6 Å². The number of pyridine rings is 1. The molecule has 0 atom stereocenters. The molecule has 4 bridgehead atoms. The number of aryl methyl sites for hydroxylation is 2. The molecule has 1 amide bonds. The van der Waals surface area contributed by atoms with Gasteiger partial charge in [0.2, 0.25) is 5.91 Å². The number of likely N-dealkylation sites (tertiary alicyclic amines) is 1. The monoisotopic (exact) mass is 538 g/mol. The topological polar surface area (TPSA) is 61.0 Å². The summed E-state index contributed by atoms with van der Waals surface area (Å²) in [5, 5.41) is 4.94. The van der Waals surface area contributed by atoms with E-state index in [2.05, 4.69) is 78.2 Å². The van der Waals surface area contributed by atoms with Crippen molar-refractivity contribution in [1.29, 1.82) is 0 Å². The van der Waals surface area contributed by atoms with E-state index in [1.165, 1.54) is 71.8 Å². The fraction of sp³-hybridized carbons (Fsp3) is 0.600. The van der Waals surface area contributed by atoms with Gasteiger partial charge in [0, 0.05) is 33.4 Å². The van der Waals surface area contributed by atoms with E-state index in [9.17, 15) is 4.79 Å². The van der Waals surface area contributed by atoms with E-state index in [1.807, 2.05) is 0 Å². The van der Waals surface area contributed by atoms with Gasteiger partial charge in [-0.25, -0.2) is 0 Å². The number of carbonyl (C=O) groups is 1. The Kier molecular flexibility index (Phi) is 6.57. The number of amides is 1. The predicted octanol–water partition coefficient (Wildman–Crippen LogP) is 7.23. The van der Waals surface area contributed by atoms with Gasteiger partial charge in [0.25, 0.3) is 0 Å². The number of benzene rings is 1. The number of hydrogen-bond acceptors (Lipinski definition) is 3. The summed E-state index contributed by atoms with van der Waals surface area (Å²) >= 11 is 0. The molecule has 0 radical (unpaired) electrons. The van der Waals surface area contributed by atoms with Gasteiger partial charge in [-0.15, -0.1) is 0 Å². The predicted molar refractivity (Wildman–Crippen MR) is 163 cm³/mol. The van der Waals surface area contributed by atoms with Gasteiger partial charge in [-0.05, 0) is 143 Å². The van der Waals surface area contributed by atoms with Gasteiger partial charge in [0.05, 0.1) is 12.2 Å². The molecule has 4 saturated carbocycles. The zero-order valence-corrected chi connectivity index (χ0v) is 24.9. The zero-order chi connectivity index (χ0) is 27.6. The summed E-state index contributed by atoms with van der Waals surface area (Å²) < 4.78 is 0. The third-order valence-electron chi connectivity index (χ3n) is 10.7. The molecule has 5 aliphatic rings. The first-order valence-electron chi connectivity index (χ1n) is 15.9. The minimum atomic E-state index is 0.122. The smallest absolute Gasteiger partial charge is 0.234 e. The summed E-state index contributed by atoms with van der Waals surface area (Å²) in [7, 11) is 0. The number of piperidine rings is 1. The summed E-state index contributed by atoms with van der Waals surface area (Å²) in [5.74, 6) is 3.84. The lowest BCUT2D eigenvalue weighted by Gasteiger charge is -2.57. The fourth-order valence-electron chi connectivity index (χ4n) is 9.52. The maximum atomic E-state index is 13.2. The van der Waals surface area contributed by atoms with Crippen molar-refractivity contribution in [3.8, 4) is 11.3 Å². The Hall–Kier alpha value is -2.66. The van der Waals surface area contributed by atoms with Gasteiger partial charge in [0.15, 0.2) is 0 Å². The minimum absolute atomic E-state index is 0.122. The third-order valence-corrected chi connectivity index (χ3v) is 10.7. The second kappa shape index (κ2) is 10.0. The molecule has 0 unspecified atom stereocenters. The summed E-state index contributed by atoms with van der Waals surface area (Å²) in [5.41, 5.74) is 8.76. The van der Waals surface area contributed by atoms with Crippen molar-refractivity contribution in [1.82, 2.24) is 20.2 Å². The van der Waals surface area contributed by atoms with Gasteiger partial charge >= 0.3 is 0 Å². The van der Waals surface area contributed by atoms with Crippen LogP contribution in [0.15, 0.2) is 30.3 Å². The highest BCUT2D eigenvalue weighted by atomic mass is 16.2. The van der Waals surface area contributed by atoms with E-state index in [4.69, 9.17) is 0 Å². The number of nitrogens with zero attached hydrogens (tertiary/aromatic N) is 2. The van der Waals surface area contributed by atoms with Crippen molar-refractivity contribution in [3.63, 3.8) is 0 Å². The lowest BCUT2D eigenvalue weighted by molar-refractivity contribution is -0.128. The molecule has 3 aromatic rings. The molecule has 212 valence electrons. The van der Waals surface area contributed by atoms with Gasteiger partial charge < -0.3 is 10.3 Å². The molecule has 3 heterocycles. The lowest BCUT2D eigenvalue weighted by atomic mass is 9.53. The Morgan fingerprint density at radius 3 is 2.23 bits per heavy atom. The Morgan fingerprint density at radius 2 is 1.62 bits per heavy atom. The molecular formula is C35H46N4O. The van der Waals surface area contributed by atoms with Crippen LogP contribution in [0.1, 0.15) is 99.6 Å². The molecule has 8 rings (SSSR count). The maximum Gasteiger partial charge on any atom is 0.234 e. The Balaban J connectivity index is 1.03. The molecule has 2 N–H and O–H groups in total. The molecule has 4 aliphatic carbocycles. The quantitative estimate of drug-likeness (QED) is 0.348. The van der Waals surface area contributed by atoms with E-state index in [-0.39, 0.29) is 11.4 Å². The standard InChI is InChI=1S/C35H46N4O/c1-21(2)33-30-16-28(5-6-31(30)37-34(33)29-11-22(3)36-23(4)12-29)27-7-9-39(10-8-27)20-32(40)38-35-17-24-13-25(18-35)15-26(14-24)19-35/h5-6,11-12,16,21,24-27,37H,7-10,13-15,17-20H2,1-4H3,(H,38,40). The summed E-state index contributed by atoms with van der Waals surface area (Å²) in [6.45, 7) is 11.3. The number of hydrogen-bond donors (Lipinski definition) is 2. The van der Waals surface area contributed by atoms with Crippen molar-refractivity contribution in [2.75, 3.05) is 19.6 Å². The number of carbonyl (C=O) groups excluding carboxylic acids is 1. The van der Waals surface area contributed by atoms with Crippen LogP contribution in [-0.2, 0) is 4.79 Å². The molecule has 1 aliphatic heterocycles. The average molecular weight is 539 g/mol. The summed E-state index contributed by atoms with van der Waals surface area (Å²) in [6.07, 6.45) is 10.2. The highest BCUT2D eigenvalue weighted by molar-refractivity contribution is 5.92. The number of aromatic amines is 1. The van der Waals surface area contributed by atoms with E-state index >= 15 is 0 Å². The number of rotatable bonds is 6. The van der Waals surface area contributed by atoms with Gasteiger partial charge in [0.1, 0.15) is 0 Å². The van der Waals surface area contributed by atoms with Gasteiger partial charge in [-0.3, -0.25) is 14.7 Å². The number of fused-ring (bicyclic) bond motifs is 1. The molecule has 2 aromatic heterocycles. The first-order chi connectivity index (χ1) is 19.2. The van der Waals surface area contributed by atoms with Crippen molar-refractivity contribution in [2.45, 2.75) is 96.4 Å². The molecule has 1 saturated heterocycles. The second-order valence-corrected chi connectivity index (χ2v) is 14.3. The zero-order valence-electron chi connectivity index (χ0n) is 24.9. The van der Waals surface area contributed by atoms with E-state index in [0.717, 1.165) is 55.1 Å². The lowest BCUT2D eigenvalue weighted by Crippen LogP contribution is -2.61. The Morgan fingerprint density at radius 1 is 1.00 bits per heavy atom. The molecule has 5 nitrogen and oxygen atoms in total. The molecular weight excluding hydrogens is 492 g/mol. The molecule has 5 fully saturated rings. The van der Waals surface area contributed by atoms with Crippen LogP contribution >= 0.6 is 0 Å². The highest BCUT2D eigenvalue weighted by Crippen LogP contribution is 2.55. The van der Waals surface area contributed by atoms with Crippen LogP contribution in [0.5, 0.6) is 0 Å². The normalized spacial score (nSPS) is 28.6. The first-order valence-corrected chi connectivity index (χ1v) is 15.9. The molecule has 0 spiro atoms. The average Bonchev–Trinajstić information content (AvgIpc) is 3.27. The second-order valence-electron chi connectivity index (χ2n) is 14.3. The Labute approximate surface area is 239 Å². The van der Waals surface area contributed by atoms with Crippen LogP contribution in [0.4, 0.5) is 0 Å². The highest BCUT2D eigenvalue weighted by Gasteiger charge is 2.51. The van der Waals surface area contributed by atoms with Gasteiger partial charge in [-0.2, -0.15) is 0 Å². The van der Waals surface area contributed by atoms with Crippen LogP contribution < -0.4 is 5.32 Å². The number of nitrogens with one attached hydrogen (secondary N) is 2. The van der Waals surface area contributed by atoms with Crippen molar-refractivity contribution < 1.29 is 4.79 Å². The number of aromatic nitrogens is 2. The molecule has 1 aromatic carbocycles. The van der Waals surface area contributed by atoms with Crippen LogP contribution in [0.3, 0.4) is 0 Å². The molecule has 5 heteroatoms. The third kappa shape index (κ3) is 4.89. The SMILES string of the molecule is Cc1cc(-c2[nH]c3ccc(C4CCN(CC(=O)NC56CC7CC(CC(C7)C5)C6)CC4)cc3c2C(C)C)cc(C)n1. The van der Waals surface area contributed by atoms with Crippen LogP contribution in [0.2, 0.25) is 0 Å². The minimum Gasteiger partial charge on any atom is -0.354 e. The maximum absolute atomic E-state index is 13.2. The summed E-state index contributed by atoms with van der Waals surface area (Å²) in [6, 6.07) is 11.5. The van der Waals surface area contributed by atoms with Crippen molar-refractivity contribution in [3.05, 3.63) is 52.8 Å². The Bertz CT molecular complexity index is 1370. The van der Waals surface area contributed by atoms with Crippen molar-refractivity contribution >= 4 is 16.8 Å². The van der Waals surface area contributed by atoms with Gasteiger partial charge in [-0.1, -0.05) is 19.9 Å². The largest absolute Gasteiger partial charge is 0.354 e. The first kappa shape index (κ1) is 26.3. The van der Waals surface area contributed by atoms with Crippen LogP contribution in [-0.4, -0.2) is 45.9 Å². The number of H-pyrrole nitrogens is 1.